The van der Waals surface area contributed by atoms with E-state index in [4.69, 9.17) is 10.3 Å². The molecule has 1 aromatic heterocycles. The molecule has 1 aromatic carbocycles. The van der Waals surface area contributed by atoms with Gasteiger partial charge in [-0.25, -0.2) is 5.43 Å². The smallest absolute Gasteiger partial charge is 0.134 e. The van der Waals surface area contributed by atoms with Gasteiger partial charge >= 0.3 is 0 Å². The van der Waals surface area contributed by atoms with Crippen LogP contribution in [0.1, 0.15) is 37.5 Å². The molecule has 2 fully saturated rings. The molecule has 0 radical (unpaired) electrons. The van der Waals surface area contributed by atoms with Crippen molar-refractivity contribution in [2.24, 2.45) is 23.6 Å². The second kappa shape index (κ2) is 4.36. The van der Waals surface area contributed by atoms with Gasteiger partial charge in [0.15, 0.2) is 0 Å². The molecule has 1 heterocycles. The van der Waals surface area contributed by atoms with Gasteiger partial charge in [-0.3, -0.25) is 5.84 Å². The number of nitrogens with two attached hydrogens (primary N) is 1. The fourth-order valence-corrected chi connectivity index (χ4v) is 4.08. The van der Waals surface area contributed by atoms with Crippen LogP contribution in [0.2, 0.25) is 0 Å². The third-order valence-electron chi connectivity index (χ3n) is 5.04. The quantitative estimate of drug-likeness (QED) is 0.654. The zero-order valence-electron chi connectivity index (χ0n) is 11.0. The number of nitrogens with one attached hydrogen (secondary N) is 1. The SMILES string of the molecule is NNC(c1cc2ccccc2o1)C1C2CCCCC21. The van der Waals surface area contributed by atoms with E-state index in [-0.39, 0.29) is 6.04 Å². The van der Waals surface area contributed by atoms with Crippen molar-refractivity contribution in [1.29, 1.82) is 0 Å². The first-order valence-corrected chi connectivity index (χ1v) is 7.33. The van der Waals surface area contributed by atoms with Crippen LogP contribution >= 0.6 is 0 Å². The predicted molar refractivity (Wildman–Crippen MR) is 75.2 cm³/mol. The average molecular weight is 256 g/mol. The molecule has 4 rings (SSSR count). The number of rotatable bonds is 3. The van der Waals surface area contributed by atoms with Crippen molar-refractivity contribution in [3.63, 3.8) is 0 Å². The lowest BCUT2D eigenvalue weighted by Gasteiger charge is -2.13. The molecule has 100 valence electrons. The van der Waals surface area contributed by atoms with Crippen LogP contribution in [0.25, 0.3) is 11.0 Å². The zero-order chi connectivity index (χ0) is 12.8. The second-order valence-electron chi connectivity index (χ2n) is 6.02. The van der Waals surface area contributed by atoms with Crippen molar-refractivity contribution in [2.45, 2.75) is 31.7 Å². The van der Waals surface area contributed by atoms with Crippen molar-refractivity contribution in [3.05, 3.63) is 36.1 Å². The molecule has 0 saturated heterocycles. The molecule has 19 heavy (non-hydrogen) atoms. The van der Waals surface area contributed by atoms with Crippen LogP contribution in [0, 0.1) is 17.8 Å². The predicted octanol–water partition coefficient (Wildman–Crippen LogP) is 3.37. The van der Waals surface area contributed by atoms with Gasteiger partial charge in [-0.1, -0.05) is 31.0 Å². The fraction of sp³-hybridized carbons (Fsp3) is 0.500. The summed E-state index contributed by atoms with van der Waals surface area (Å²) in [6.45, 7) is 0. The van der Waals surface area contributed by atoms with Crippen LogP contribution in [0.4, 0.5) is 0 Å². The lowest BCUT2D eigenvalue weighted by Crippen LogP contribution is -2.30. The van der Waals surface area contributed by atoms with Crippen LogP contribution in [0.3, 0.4) is 0 Å². The molecule has 3 atom stereocenters. The molecule has 2 aromatic rings. The highest BCUT2D eigenvalue weighted by Crippen LogP contribution is 2.60. The number of fused-ring (bicyclic) bond motifs is 2. The first-order valence-electron chi connectivity index (χ1n) is 7.33. The molecule has 2 aliphatic carbocycles. The molecule has 2 saturated carbocycles. The van der Waals surface area contributed by atoms with E-state index in [1.54, 1.807) is 0 Å². The van der Waals surface area contributed by atoms with Crippen LogP contribution < -0.4 is 11.3 Å². The maximum absolute atomic E-state index is 5.99. The van der Waals surface area contributed by atoms with Crippen molar-refractivity contribution in [2.75, 3.05) is 0 Å². The van der Waals surface area contributed by atoms with E-state index >= 15 is 0 Å². The zero-order valence-corrected chi connectivity index (χ0v) is 11.0. The molecule has 0 aliphatic heterocycles. The highest BCUT2D eigenvalue weighted by atomic mass is 16.3. The van der Waals surface area contributed by atoms with Gasteiger partial charge in [-0.2, -0.15) is 0 Å². The van der Waals surface area contributed by atoms with Crippen molar-refractivity contribution in [3.8, 4) is 0 Å². The maximum atomic E-state index is 5.99. The molecule has 0 amide bonds. The Bertz CT molecular complexity index is 546. The lowest BCUT2D eigenvalue weighted by molar-refractivity contribution is 0.380. The summed E-state index contributed by atoms with van der Waals surface area (Å²) in [5.41, 5.74) is 3.96. The third kappa shape index (κ3) is 1.80. The Morgan fingerprint density at radius 3 is 2.58 bits per heavy atom. The van der Waals surface area contributed by atoms with Crippen molar-refractivity contribution in [1.82, 2.24) is 5.43 Å². The number of benzene rings is 1. The maximum Gasteiger partial charge on any atom is 0.134 e. The van der Waals surface area contributed by atoms with Crippen molar-refractivity contribution >= 4 is 11.0 Å². The topological polar surface area (TPSA) is 51.2 Å². The molecular formula is C16H20N2O. The summed E-state index contributed by atoms with van der Waals surface area (Å²) in [5.74, 6) is 9.22. The first-order chi connectivity index (χ1) is 9.38. The molecular weight excluding hydrogens is 236 g/mol. The number of hydrazine groups is 1. The summed E-state index contributed by atoms with van der Waals surface area (Å²) in [7, 11) is 0. The van der Waals surface area contributed by atoms with Gasteiger partial charge in [-0.15, -0.1) is 0 Å². The van der Waals surface area contributed by atoms with Crippen LogP contribution in [-0.2, 0) is 0 Å². The second-order valence-corrected chi connectivity index (χ2v) is 6.02. The Kier molecular flexibility index (Phi) is 2.64. The van der Waals surface area contributed by atoms with Gasteiger partial charge in [0.2, 0.25) is 0 Å². The largest absolute Gasteiger partial charge is 0.459 e. The molecule has 3 nitrogen and oxygen atoms in total. The van der Waals surface area contributed by atoms with Gasteiger partial charge in [0.25, 0.3) is 0 Å². The Labute approximate surface area is 113 Å². The summed E-state index contributed by atoms with van der Waals surface area (Å²) in [6, 6.07) is 10.5. The number of hydrogen-bond donors (Lipinski definition) is 2. The summed E-state index contributed by atoms with van der Waals surface area (Å²) in [5, 5.41) is 1.17. The highest BCUT2D eigenvalue weighted by Gasteiger charge is 2.55. The van der Waals surface area contributed by atoms with Gasteiger partial charge in [0, 0.05) is 5.39 Å². The third-order valence-corrected chi connectivity index (χ3v) is 5.04. The Morgan fingerprint density at radius 2 is 1.89 bits per heavy atom. The van der Waals surface area contributed by atoms with Gasteiger partial charge in [0.1, 0.15) is 11.3 Å². The number of furan rings is 1. The van der Waals surface area contributed by atoms with E-state index in [9.17, 15) is 0 Å². The Morgan fingerprint density at radius 1 is 1.16 bits per heavy atom. The van der Waals surface area contributed by atoms with E-state index in [2.05, 4.69) is 17.6 Å². The van der Waals surface area contributed by atoms with E-state index < -0.39 is 0 Å². The monoisotopic (exact) mass is 256 g/mol. The first kappa shape index (κ1) is 11.5. The van der Waals surface area contributed by atoms with E-state index in [1.165, 1.54) is 31.1 Å². The minimum atomic E-state index is 0.181. The lowest BCUT2D eigenvalue weighted by atomic mass is 10.0. The summed E-state index contributed by atoms with van der Waals surface area (Å²) in [4.78, 5) is 0. The minimum Gasteiger partial charge on any atom is -0.459 e. The van der Waals surface area contributed by atoms with Crippen LogP contribution in [0.5, 0.6) is 0 Å². The molecule has 0 bridgehead atoms. The number of para-hydroxylation sites is 1. The number of hydrogen-bond acceptors (Lipinski definition) is 3. The van der Waals surface area contributed by atoms with Crippen LogP contribution in [0.15, 0.2) is 34.7 Å². The highest BCUT2D eigenvalue weighted by molar-refractivity contribution is 5.77. The average Bonchev–Trinajstić information content (AvgIpc) is 3.00. The standard InChI is InChI=1S/C16H20N2O/c17-18-16(15-11-6-2-3-7-12(11)15)14-9-10-5-1-4-8-13(10)19-14/h1,4-5,8-9,11-12,15-16,18H,2-3,6-7,17H2. The van der Waals surface area contributed by atoms with Crippen molar-refractivity contribution < 1.29 is 4.42 Å². The molecule has 3 unspecified atom stereocenters. The molecule has 3 heteroatoms. The summed E-state index contributed by atoms with van der Waals surface area (Å²) < 4.78 is 5.99. The molecule has 3 N–H and O–H groups in total. The van der Waals surface area contributed by atoms with E-state index in [1.807, 2.05) is 18.2 Å². The molecule has 2 aliphatic rings. The van der Waals surface area contributed by atoms with Gasteiger partial charge < -0.3 is 4.42 Å². The van der Waals surface area contributed by atoms with Gasteiger partial charge in [0.05, 0.1) is 6.04 Å². The van der Waals surface area contributed by atoms with Gasteiger partial charge in [-0.05, 0) is 42.7 Å². The fourth-order valence-electron chi connectivity index (χ4n) is 4.08. The minimum absolute atomic E-state index is 0.181. The van der Waals surface area contributed by atoms with E-state index in [0.717, 1.165) is 23.2 Å². The normalized spacial score (nSPS) is 31.1. The summed E-state index contributed by atoms with van der Waals surface area (Å²) in [6.07, 6.45) is 5.51. The Hall–Kier alpha value is -1.32. The summed E-state index contributed by atoms with van der Waals surface area (Å²) >= 11 is 0. The Balaban J connectivity index is 1.65. The van der Waals surface area contributed by atoms with Crippen LogP contribution in [-0.4, -0.2) is 0 Å². The van der Waals surface area contributed by atoms with E-state index in [0.29, 0.717) is 5.92 Å². The molecule has 0 spiro atoms.